The standard InChI is InChI=1S/C12H18O/c1-12-6-7-5-10(12)13-11-8(7)3-2-4-9(11)12/h7-11H,2-6H2,1H3. The molecule has 6 unspecified atom stereocenters. The van der Waals surface area contributed by atoms with Gasteiger partial charge in [-0.05, 0) is 48.9 Å². The third kappa shape index (κ3) is 0.643. The van der Waals surface area contributed by atoms with E-state index in [-0.39, 0.29) is 0 Å². The molecule has 5 rings (SSSR count). The number of hydrogen-bond acceptors (Lipinski definition) is 1. The Kier molecular flexibility index (Phi) is 1.11. The van der Waals surface area contributed by atoms with E-state index >= 15 is 0 Å². The molecule has 0 amide bonds. The molecular weight excluding hydrogens is 160 g/mol. The van der Waals surface area contributed by atoms with Gasteiger partial charge >= 0.3 is 0 Å². The summed E-state index contributed by atoms with van der Waals surface area (Å²) in [6, 6.07) is 0. The topological polar surface area (TPSA) is 9.23 Å². The lowest BCUT2D eigenvalue weighted by atomic mass is 9.59. The van der Waals surface area contributed by atoms with Gasteiger partial charge in [-0.3, -0.25) is 0 Å². The van der Waals surface area contributed by atoms with E-state index in [0.29, 0.717) is 17.6 Å². The Hall–Kier alpha value is -0.0400. The van der Waals surface area contributed by atoms with E-state index in [2.05, 4.69) is 6.92 Å². The smallest absolute Gasteiger partial charge is 0.0644 e. The van der Waals surface area contributed by atoms with Crippen molar-refractivity contribution in [2.45, 2.75) is 51.2 Å². The van der Waals surface area contributed by atoms with Crippen LogP contribution in [0.3, 0.4) is 0 Å². The lowest BCUT2D eigenvalue weighted by Crippen LogP contribution is -2.44. The molecule has 0 radical (unpaired) electrons. The molecule has 0 aromatic rings. The molecule has 3 saturated carbocycles. The fourth-order valence-electron chi connectivity index (χ4n) is 5.05. The van der Waals surface area contributed by atoms with Crippen LogP contribution in [-0.2, 0) is 4.74 Å². The fraction of sp³-hybridized carbons (Fsp3) is 1.00. The first-order chi connectivity index (χ1) is 6.29. The second kappa shape index (κ2) is 1.98. The van der Waals surface area contributed by atoms with Crippen molar-refractivity contribution in [1.29, 1.82) is 0 Å². The van der Waals surface area contributed by atoms with Crippen LogP contribution in [0.2, 0.25) is 0 Å². The van der Waals surface area contributed by atoms with Gasteiger partial charge in [-0.2, -0.15) is 0 Å². The average molecular weight is 178 g/mol. The maximum Gasteiger partial charge on any atom is 0.0644 e. The molecular formula is C12H18O. The molecule has 1 nitrogen and oxygen atoms in total. The van der Waals surface area contributed by atoms with Crippen LogP contribution in [0.15, 0.2) is 0 Å². The maximum atomic E-state index is 6.22. The number of ether oxygens (including phenoxy) is 1. The molecule has 13 heavy (non-hydrogen) atoms. The number of hydrogen-bond donors (Lipinski definition) is 0. The predicted molar refractivity (Wildman–Crippen MR) is 50.3 cm³/mol. The Bertz CT molecular complexity index is 262. The van der Waals surface area contributed by atoms with Crippen LogP contribution in [0.5, 0.6) is 0 Å². The molecule has 0 N–H and O–H groups in total. The van der Waals surface area contributed by atoms with Crippen LogP contribution in [0, 0.1) is 23.2 Å². The Morgan fingerprint density at radius 2 is 2.23 bits per heavy atom. The quantitative estimate of drug-likeness (QED) is 0.554. The highest BCUT2D eigenvalue weighted by atomic mass is 16.5. The van der Waals surface area contributed by atoms with Crippen molar-refractivity contribution in [3.8, 4) is 0 Å². The highest BCUT2D eigenvalue weighted by molar-refractivity contribution is 5.14. The van der Waals surface area contributed by atoms with E-state index in [1.54, 1.807) is 0 Å². The molecule has 5 aliphatic rings. The van der Waals surface area contributed by atoms with Gasteiger partial charge in [0.25, 0.3) is 0 Å². The second-order valence-electron chi connectivity index (χ2n) is 6.00. The third-order valence-electron chi connectivity index (χ3n) is 5.60. The van der Waals surface area contributed by atoms with Crippen LogP contribution in [-0.4, -0.2) is 12.2 Å². The predicted octanol–water partition coefficient (Wildman–Crippen LogP) is 2.60. The molecule has 72 valence electrons. The van der Waals surface area contributed by atoms with Crippen LogP contribution in [0.25, 0.3) is 0 Å². The van der Waals surface area contributed by atoms with Gasteiger partial charge in [0, 0.05) is 0 Å². The van der Waals surface area contributed by atoms with Crippen molar-refractivity contribution < 1.29 is 4.74 Å². The second-order valence-corrected chi connectivity index (χ2v) is 6.00. The van der Waals surface area contributed by atoms with Gasteiger partial charge in [0.05, 0.1) is 12.2 Å². The summed E-state index contributed by atoms with van der Waals surface area (Å²) in [7, 11) is 0. The fourth-order valence-corrected chi connectivity index (χ4v) is 5.05. The zero-order valence-electron chi connectivity index (χ0n) is 8.33. The van der Waals surface area contributed by atoms with Crippen molar-refractivity contribution >= 4 is 0 Å². The van der Waals surface area contributed by atoms with Gasteiger partial charge in [-0.1, -0.05) is 13.3 Å². The Morgan fingerprint density at radius 3 is 3.15 bits per heavy atom. The molecule has 6 atom stereocenters. The largest absolute Gasteiger partial charge is 0.374 e. The monoisotopic (exact) mass is 178 g/mol. The van der Waals surface area contributed by atoms with Gasteiger partial charge in [-0.15, -0.1) is 0 Å². The summed E-state index contributed by atoms with van der Waals surface area (Å²) in [6.45, 7) is 2.50. The minimum absolute atomic E-state index is 0.603. The molecule has 2 aliphatic heterocycles. The Labute approximate surface area is 79.8 Å². The highest BCUT2D eigenvalue weighted by Gasteiger charge is 2.66. The minimum Gasteiger partial charge on any atom is -0.374 e. The lowest BCUT2D eigenvalue weighted by Gasteiger charge is -2.46. The van der Waals surface area contributed by atoms with E-state index in [9.17, 15) is 0 Å². The summed E-state index contributed by atoms with van der Waals surface area (Å²) < 4.78 is 6.22. The molecule has 0 spiro atoms. The summed E-state index contributed by atoms with van der Waals surface area (Å²) in [6.07, 6.45) is 8.64. The van der Waals surface area contributed by atoms with Crippen molar-refractivity contribution in [3.63, 3.8) is 0 Å². The molecule has 2 heterocycles. The maximum absolute atomic E-state index is 6.22. The Balaban J connectivity index is 1.86. The minimum atomic E-state index is 0.603. The summed E-state index contributed by atoms with van der Waals surface area (Å²) >= 11 is 0. The Morgan fingerprint density at radius 1 is 1.31 bits per heavy atom. The van der Waals surface area contributed by atoms with E-state index in [0.717, 1.165) is 17.8 Å². The summed E-state index contributed by atoms with van der Waals surface area (Å²) in [5.41, 5.74) is 0.603. The molecule has 2 saturated heterocycles. The van der Waals surface area contributed by atoms with Crippen molar-refractivity contribution in [3.05, 3.63) is 0 Å². The normalized spacial score (nSPS) is 67.6. The first-order valence-corrected chi connectivity index (χ1v) is 5.94. The molecule has 1 heteroatoms. The molecule has 6 bridgehead atoms. The first kappa shape index (κ1) is 7.28. The van der Waals surface area contributed by atoms with Crippen LogP contribution in [0.1, 0.15) is 39.0 Å². The lowest BCUT2D eigenvalue weighted by molar-refractivity contribution is -0.0784. The zero-order chi connectivity index (χ0) is 8.63. The van der Waals surface area contributed by atoms with Gasteiger partial charge in [0.1, 0.15) is 0 Å². The van der Waals surface area contributed by atoms with E-state index in [4.69, 9.17) is 4.74 Å². The molecule has 0 aromatic carbocycles. The van der Waals surface area contributed by atoms with E-state index < -0.39 is 0 Å². The van der Waals surface area contributed by atoms with Crippen molar-refractivity contribution in [2.24, 2.45) is 23.2 Å². The molecule has 0 aromatic heterocycles. The van der Waals surface area contributed by atoms with Gasteiger partial charge in [0.15, 0.2) is 0 Å². The summed E-state index contributed by atoms with van der Waals surface area (Å²) in [4.78, 5) is 0. The van der Waals surface area contributed by atoms with Crippen molar-refractivity contribution in [2.75, 3.05) is 0 Å². The average Bonchev–Trinajstić information content (AvgIpc) is 2.51. The van der Waals surface area contributed by atoms with Crippen molar-refractivity contribution in [1.82, 2.24) is 0 Å². The van der Waals surface area contributed by atoms with Gasteiger partial charge in [0.2, 0.25) is 0 Å². The zero-order valence-corrected chi connectivity index (χ0v) is 8.33. The molecule has 3 aliphatic carbocycles. The highest BCUT2D eigenvalue weighted by Crippen LogP contribution is 2.67. The molecule has 5 fully saturated rings. The van der Waals surface area contributed by atoms with Gasteiger partial charge in [-0.25, -0.2) is 0 Å². The number of rotatable bonds is 0. The van der Waals surface area contributed by atoms with E-state index in [1.807, 2.05) is 0 Å². The SMILES string of the molecule is CC12CC3CC1OC1C3CCCC12. The van der Waals surface area contributed by atoms with Crippen LogP contribution < -0.4 is 0 Å². The van der Waals surface area contributed by atoms with Gasteiger partial charge < -0.3 is 4.74 Å². The summed E-state index contributed by atoms with van der Waals surface area (Å²) in [5, 5.41) is 0. The van der Waals surface area contributed by atoms with Crippen LogP contribution >= 0.6 is 0 Å². The van der Waals surface area contributed by atoms with Crippen LogP contribution in [0.4, 0.5) is 0 Å². The first-order valence-electron chi connectivity index (χ1n) is 5.94. The van der Waals surface area contributed by atoms with E-state index in [1.165, 1.54) is 32.1 Å². The summed E-state index contributed by atoms with van der Waals surface area (Å²) in [5.74, 6) is 2.95. The third-order valence-corrected chi connectivity index (χ3v) is 5.60.